The van der Waals surface area contributed by atoms with Gasteiger partial charge in [-0.1, -0.05) is 43.7 Å². The summed E-state index contributed by atoms with van der Waals surface area (Å²) in [7, 11) is 0. The molecule has 0 atom stereocenters. The number of hydrogen-bond acceptors (Lipinski definition) is 5. The standard InChI is InChI=1S/C18H22N2O3/c1-3-8-16-15(18(21)23-4-2)11-19-17(20-16)13-22-12-14-9-6-5-7-10-14/h5-7,9-11H,3-4,8,12-13H2,1-2H3. The second-order valence-corrected chi connectivity index (χ2v) is 5.10. The summed E-state index contributed by atoms with van der Waals surface area (Å²) in [5, 5.41) is 0. The van der Waals surface area contributed by atoms with Crippen molar-refractivity contribution in [2.75, 3.05) is 6.61 Å². The first-order valence-corrected chi connectivity index (χ1v) is 7.88. The third-order valence-corrected chi connectivity index (χ3v) is 3.24. The molecule has 0 amide bonds. The number of nitrogens with zero attached hydrogens (tertiary/aromatic N) is 2. The van der Waals surface area contributed by atoms with Gasteiger partial charge in [0.1, 0.15) is 6.61 Å². The molecule has 23 heavy (non-hydrogen) atoms. The normalized spacial score (nSPS) is 10.5. The summed E-state index contributed by atoms with van der Waals surface area (Å²) in [6, 6.07) is 9.93. The molecule has 0 aliphatic heterocycles. The van der Waals surface area contributed by atoms with Crippen LogP contribution in [0.25, 0.3) is 0 Å². The van der Waals surface area contributed by atoms with Gasteiger partial charge in [-0.25, -0.2) is 14.8 Å². The average molecular weight is 314 g/mol. The van der Waals surface area contributed by atoms with Gasteiger partial charge in [-0.3, -0.25) is 0 Å². The maximum atomic E-state index is 11.9. The molecule has 2 rings (SSSR count). The summed E-state index contributed by atoms with van der Waals surface area (Å²) >= 11 is 0. The molecule has 0 spiro atoms. The van der Waals surface area contributed by atoms with Crippen molar-refractivity contribution in [2.24, 2.45) is 0 Å². The summed E-state index contributed by atoms with van der Waals surface area (Å²) in [6.07, 6.45) is 3.15. The zero-order valence-electron chi connectivity index (χ0n) is 13.6. The Labute approximate surface area is 136 Å². The Bertz CT molecular complexity index is 629. The van der Waals surface area contributed by atoms with E-state index in [9.17, 15) is 4.79 Å². The quantitative estimate of drug-likeness (QED) is 0.699. The second-order valence-electron chi connectivity index (χ2n) is 5.10. The lowest BCUT2D eigenvalue weighted by Gasteiger charge is -2.09. The predicted molar refractivity (Wildman–Crippen MR) is 86.9 cm³/mol. The van der Waals surface area contributed by atoms with Crippen LogP contribution < -0.4 is 0 Å². The van der Waals surface area contributed by atoms with Crippen molar-refractivity contribution in [1.82, 2.24) is 9.97 Å². The van der Waals surface area contributed by atoms with E-state index in [2.05, 4.69) is 9.97 Å². The number of benzene rings is 1. The lowest BCUT2D eigenvalue weighted by molar-refractivity contribution is 0.0523. The Balaban J connectivity index is 2.02. The van der Waals surface area contributed by atoms with Crippen molar-refractivity contribution < 1.29 is 14.3 Å². The summed E-state index contributed by atoms with van der Waals surface area (Å²) in [4.78, 5) is 20.6. The van der Waals surface area contributed by atoms with E-state index >= 15 is 0 Å². The lowest BCUT2D eigenvalue weighted by atomic mass is 10.1. The molecule has 1 heterocycles. The van der Waals surface area contributed by atoms with Crippen LogP contribution in [-0.4, -0.2) is 22.5 Å². The molecule has 0 bridgehead atoms. The number of carbonyl (C=O) groups is 1. The number of ether oxygens (including phenoxy) is 2. The van der Waals surface area contributed by atoms with Gasteiger partial charge < -0.3 is 9.47 Å². The Hall–Kier alpha value is -2.27. The van der Waals surface area contributed by atoms with Crippen molar-refractivity contribution in [3.8, 4) is 0 Å². The van der Waals surface area contributed by atoms with Crippen LogP contribution in [-0.2, 0) is 29.1 Å². The van der Waals surface area contributed by atoms with Crippen LogP contribution in [0.3, 0.4) is 0 Å². The molecule has 0 fully saturated rings. The minimum Gasteiger partial charge on any atom is -0.462 e. The maximum absolute atomic E-state index is 11.9. The number of rotatable bonds is 8. The molecule has 0 aliphatic rings. The minimum atomic E-state index is -0.368. The monoisotopic (exact) mass is 314 g/mol. The molecule has 1 aromatic heterocycles. The third kappa shape index (κ3) is 5.14. The molecule has 122 valence electrons. The highest BCUT2D eigenvalue weighted by molar-refractivity contribution is 5.90. The number of aromatic nitrogens is 2. The van der Waals surface area contributed by atoms with Gasteiger partial charge >= 0.3 is 5.97 Å². The molecule has 0 unspecified atom stereocenters. The Morgan fingerprint density at radius 1 is 1.13 bits per heavy atom. The summed E-state index contributed by atoms with van der Waals surface area (Å²) in [5.41, 5.74) is 2.27. The molecular weight excluding hydrogens is 292 g/mol. The zero-order valence-corrected chi connectivity index (χ0v) is 13.6. The molecule has 1 aromatic carbocycles. The summed E-state index contributed by atoms with van der Waals surface area (Å²) in [6.45, 7) is 4.99. The van der Waals surface area contributed by atoms with E-state index in [1.807, 2.05) is 37.3 Å². The smallest absolute Gasteiger partial charge is 0.341 e. The van der Waals surface area contributed by atoms with Crippen LogP contribution in [0, 0.1) is 0 Å². The Morgan fingerprint density at radius 2 is 1.91 bits per heavy atom. The third-order valence-electron chi connectivity index (χ3n) is 3.24. The SMILES string of the molecule is CCCc1nc(COCc2ccccc2)ncc1C(=O)OCC. The van der Waals surface area contributed by atoms with Crippen molar-refractivity contribution in [2.45, 2.75) is 39.9 Å². The van der Waals surface area contributed by atoms with E-state index in [1.165, 1.54) is 6.20 Å². The molecule has 0 N–H and O–H groups in total. The maximum Gasteiger partial charge on any atom is 0.341 e. The predicted octanol–water partition coefficient (Wildman–Crippen LogP) is 3.32. The van der Waals surface area contributed by atoms with Gasteiger partial charge in [-0.05, 0) is 18.9 Å². The molecule has 5 heteroatoms. The molecular formula is C18H22N2O3. The molecule has 0 saturated carbocycles. The minimum absolute atomic E-state index is 0.314. The van der Waals surface area contributed by atoms with Crippen molar-refractivity contribution in [3.05, 3.63) is 59.2 Å². The van der Waals surface area contributed by atoms with Gasteiger partial charge in [-0.2, -0.15) is 0 Å². The summed E-state index contributed by atoms with van der Waals surface area (Å²) < 4.78 is 10.7. The van der Waals surface area contributed by atoms with E-state index < -0.39 is 0 Å². The number of carbonyl (C=O) groups excluding carboxylic acids is 1. The van der Waals surface area contributed by atoms with E-state index in [0.717, 1.165) is 17.7 Å². The first-order valence-electron chi connectivity index (χ1n) is 7.88. The molecule has 2 aromatic rings. The van der Waals surface area contributed by atoms with E-state index in [1.54, 1.807) is 6.92 Å². The zero-order chi connectivity index (χ0) is 16.5. The van der Waals surface area contributed by atoms with Gasteiger partial charge in [-0.15, -0.1) is 0 Å². The first kappa shape index (κ1) is 17.1. The van der Waals surface area contributed by atoms with Gasteiger partial charge in [0.2, 0.25) is 0 Å². The van der Waals surface area contributed by atoms with Crippen LogP contribution in [0.1, 0.15) is 47.7 Å². The van der Waals surface area contributed by atoms with Crippen LogP contribution in [0.15, 0.2) is 36.5 Å². The van der Waals surface area contributed by atoms with Crippen LogP contribution in [0.5, 0.6) is 0 Å². The fraction of sp³-hybridized carbons (Fsp3) is 0.389. The fourth-order valence-corrected chi connectivity index (χ4v) is 2.17. The highest BCUT2D eigenvalue weighted by Gasteiger charge is 2.15. The van der Waals surface area contributed by atoms with Crippen LogP contribution >= 0.6 is 0 Å². The molecule has 5 nitrogen and oxygen atoms in total. The lowest BCUT2D eigenvalue weighted by Crippen LogP contribution is -2.13. The molecule has 0 saturated heterocycles. The van der Waals surface area contributed by atoms with Crippen molar-refractivity contribution in [1.29, 1.82) is 0 Å². The number of esters is 1. The van der Waals surface area contributed by atoms with Gasteiger partial charge in [0, 0.05) is 6.20 Å². The van der Waals surface area contributed by atoms with E-state index in [4.69, 9.17) is 9.47 Å². The van der Waals surface area contributed by atoms with Crippen LogP contribution in [0.4, 0.5) is 0 Å². The molecule has 0 aliphatic carbocycles. The molecule has 0 radical (unpaired) electrons. The van der Waals surface area contributed by atoms with Gasteiger partial charge in [0.05, 0.1) is 24.5 Å². The highest BCUT2D eigenvalue weighted by atomic mass is 16.5. The van der Waals surface area contributed by atoms with Crippen molar-refractivity contribution in [3.63, 3.8) is 0 Å². The fourth-order valence-electron chi connectivity index (χ4n) is 2.17. The van der Waals surface area contributed by atoms with Gasteiger partial charge in [0.25, 0.3) is 0 Å². The van der Waals surface area contributed by atoms with E-state index in [0.29, 0.717) is 37.6 Å². The largest absolute Gasteiger partial charge is 0.462 e. The topological polar surface area (TPSA) is 61.3 Å². The Kier molecular flexibility index (Phi) is 6.69. The summed E-state index contributed by atoms with van der Waals surface area (Å²) in [5.74, 6) is 0.213. The highest BCUT2D eigenvalue weighted by Crippen LogP contribution is 2.11. The first-order chi connectivity index (χ1) is 11.2. The Morgan fingerprint density at radius 3 is 2.61 bits per heavy atom. The van der Waals surface area contributed by atoms with E-state index in [-0.39, 0.29) is 5.97 Å². The number of aryl methyl sites for hydroxylation is 1. The van der Waals surface area contributed by atoms with Crippen molar-refractivity contribution >= 4 is 5.97 Å². The van der Waals surface area contributed by atoms with Crippen LogP contribution in [0.2, 0.25) is 0 Å². The number of hydrogen-bond donors (Lipinski definition) is 0. The van der Waals surface area contributed by atoms with Gasteiger partial charge in [0.15, 0.2) is 5.82 Å². The average Bonchev–Trinajstić information content (AvgIpc) is 2.56. The second kappa shape index (κ2) is 9.00.